The van der Waals surface area contributed by atoms with Crippen LogP contribution in [0.25, 0.3) is 22.2 Å². The Balaban J connectivity index is 1.16. The van der Waals surface area contributed by atoms with E-state index in [9.17, 15) is 19.2 Å². The van der Waals surface area contributed by atoms with Crippen molar-refractivity contribution in [3.63, 3.8) is 0 Å². The minimum absolute atomic E-state index is 0.0747. The molecule has 4 aromatic rings. The van der Waals surface area contributed by atoms with E-state index >= 15 is 0 Å². The number of ketones is 1. The number of Topliss-reactive ketones (excluding diaryl/α,β-unsaturated/α-hetero) is 1. The van der Waals surface area contributed by atoms with Crippen LogP contribution in [-0.4, -0.2) is 35.2 Å². The Kier molecular flexibility index (Phi) is 6.26. The zero-order valence-electron chi connectivity index (χ0n) is 23.5. The van der Waals surface area contributed by atoms with Gasteiger partial charge < -0.3 is 4.74 Å². The zero-order chi connectivity index (χ0) is 29.1. The molecular formula is C35H30N2O5. The number of esters is 1. The number of benzene rings is 3. The largest absolute Gasteiger partial charge is 0.454 e. The molecule has 2 amide bonds. The number of amides is 2. The topological polar surface area (TPSA) is 93.6 Å². The predicted molar refractivity (Wildman–Crippen MR) is 158 cm³/mol. The Bertz CT molecular complexity index is 1750. The van der Waals surface area contributed by atoms with Crippen LogP contribution in [0, 0.1) is 37.5 Å². The zero-order valence-corrected chi connectivity index (χ0v) is 23.5. The molecule has 4 unspecified atom stereocenters. The van der Waals surface area contributed by atoms with E-state index in [1.54, 1.807) is 30.3 Å². The first kappa shape index (κ1) is 26.3. The predicted octanol–water partition coefficient (Wildman–Crippen LogP) is 6.09. The third-order valence-corrected chi connectivity index (χ3v) is 9.24. The van der Waals surface area contributed by atoms with E-state index in [-0.39, 0.29) is 36.0 Å². The molecule has 4 atom stereocenters. The van der Waals surface area contributed by atoms with E-state index in [4.69, 9.17) is 9.72 Å². The van der Waals surface area contributed by atoms with Crippen molar-refractivity contribution in [2.24, 2.45) is 23.7 Å². The first-order chi connectivity index (χ1) is 20.3. The smallest absolute Gasteiger partial charge is 0.339 e. The Labute approximate surface area is 243 Å². The summed E-state index contributed by atoms with van der Waals surface area (Å²) in [7, 11) is 0. The van der Waals surface area contributed by atoms with Crippen LogP contribution >= 0.6 is 0 Å². The number of hydrogen-bond acceptors (Lipinski definition) is 6. The standard InChI is InChI=1S/C35H30N2O5/c1-19-3-6-22(7-4-19)30(38)18-42-35(41)27-17-29(36-28-14-5-20(2)15-26(27)28)21-10-12-25(13-11-21)37-33(39)31-23-8-9-24(16-23)32(31)34(37)40/h3-7,10-15,17,23-24,31-32H,8-9,16,18H2,1-2H3. The molecule has 3 aromatic carbocycles. The molecule has 3 fully saturated rings. The van der Waals surface area contributed by atoms with Crippen LogP contribution in [0.4, 0.5) is 5.69 Å². The maximum atomic E-state index is 13.3. The van der Waals surface area contributed by atoms with Gasteiger partial charge in [0.15, 0.2) is 12.4 Å². The molecule has 1 aromatic heterocycles. The number of aromatic nitrogens is 1. The summed E-state index contributed by atoms with van der Waals surface area (Å²) in [6, 6.07) is 21.6. The van der Waals surface area contributed by atoms with Gasteiger partial charge in [-0.05, 0) is 75.3 Å². The number of rotatable bonds is 6. The molecule has 1 aliphatic heterocycles. The second-order valence-corrected chi connectivity index (χ2v) is 11.9. The van der Waals surface area contributed by atoms with Crippen LogP contribution in [0.15, 0.2) is 72.8 Å². The first-order valence-corrected chi connectivity index (χ1v) is 14.4. The van der Waals surface area contributed by atoms with Crippen molar-refractivity contribution >= 4 is 40.2 Å². The van der Waals surface area contributed by atoms with Gasteiger partial charge in [-0.3, -0.25) is 19.3 Å². The highest BCUT2D eigenvalue weighted by atomic mass is 16.5. The van der Waals surface area contributed by atoms with Gasteiger partial charge in [-0.2, -0.15) is 0 Å². The van der Waals surface area contributed by atoms with Gasteiger partial charge in [-0.1, -0.05) is 53.6 Å². The molecule has 7 nitrogen and oxygen atoms in total. The molecule has 0 N–H and O–H groups in total. The van der Waals surface area contributed by atoms with Gasteiger partial charge in [0.25, 0.3) is 0 Å². The Hall–Kier alpha value is -4.65. The van der Waals surface area contributed by atoms with Gasteiger partial charge in [0.05, 0.1) is 34.3 Å². The summed E-state index contributed by atoms with van der Waals surface area (Å²) in [4.78, 5) is 58.7. The molecule has 2 aliphatic carbocycles. The number of hydrogen-bond donors (Lipinski definition) is 0. The van der Waals surface area contributed by atoms with Crippen LogP contribution in [0.1, 0.15) is 51.1 Å². The number of nitrogens with zero attached hydrogens (tertiary/aromatic N) is 2. The van der Waals surface area contributed by atoms with E-state index in [2.05, 4.69) is 0 Å². The SMILES string of the molecule is Cc1ccc(C(=O)COC(=O)c2cc(-c3ccc(N4C(=O)C5C6CCC(C6)C5C4=O)cc3)nc3ccc(C)cc23)cc1. The maximum Gasteiger partial charge on any atom is 0.339 e. The maximum absolute atomic E-state index is 13.3. The fourth-order valence-electron chi connectivity index (χ4n) is 7.13. The number of pyridine rings is 1. The minimum atomic E-state index is -0.610. The lowest BCUT2D eigenvalue weighted by atomic mass is 9.81. The molecule has 7 heteroatoms. The summed E-state index contributed by atoms with van der Waals surface area (Å²) in [5.74, 6) is -0.726. The van der Waals surface area contributed by atoms with E-state index in [0.717, 1.165) is 36.0 Å². The second kappa shape index (κ2) is 10.0. The summed E-state index contributed by atoms with van der Waals surface area (Å²) in [6.07, 6.45) is 3.07. The highest BCUT2D eigenvalue weighted by molar-refractivity contribution is 6.22. The lowest BCUT2D eigenvalue weighted by molar-refractivity contribution is -0.123. The van der Waals surface area contributed by atoms with Crippen molar-refractivity contribution in [3.05, 3.63) is 95.1 Å². The van der Waals surface area contributed by atoms with E-state index in [1.165, 1.54) is 4.90 Å². The highest BCUT2D eigenvalue weighted by Crippen LogP contribution is 2.56. The lowest BCUT2D eigenvalue weighted by Crippen LogP contribution is -2.32. The van der Waals surface area contributed by atoms with Crippen LogP contribution in [0.3, 0.4) is 0 Å². The Morgan fingerprint density at radius 3 is 2.14 bits per heavy atom. The molecule has 0 spiro atoms. The van der Waals surface area contributed by atoms with Crippen LogP contribution in [-0.2, 0) is 14.3 Å². The normalized spacial score (nSPS) is 22.6. The van der Waals surface area contributed by atoms with E-state index in [1.807, 2.05) is 56.3 Å². The van der Waals surface area contributed by atoms with E-state index < -0.39 is 5.97 Å². The van der Waals surface area contributed by atoms with Crippen LogP contribution < -0.4 is 4.90 Å². The molecule has 42 heavy (non-hydrogen) atoms. The van der Waals surface area contributed by atoms with Gasteiger partial charge in [-0.15, -0.1) is 0 Å². The third kappa shape index (κ3) is 4.31. The molecule has 3 aliphatic rings. The van der Waals surface area contributed by atoms with Crippen molar-refractivity contribution in [2.45, 2.75) is 33.1 Å². The van der Waals surface area contributed by atoms with Crippen LogP contribution in [0.2, 0.25) is 0 Å². The average Bonchev–Trinajstić information content (AvgIpc) is 3.69. The molecule has 1 saturated heterocycles. The molecule has 2 heterocycles. The summed E-state index contributed by atoms with van der Waals surface area (Å²) >= 11 is 0. The number of carbonyl (C=O) groups is 4. The molecule has 7 rings (SSSR count). The number of ether oxygens (including phenoxy) is 1. The number of aryl methyl sites for hydroxylation is 2. The lowest BCUT2D eigenvalue weighted by Gasteiger charge is -2.19. The first-order valence-electron chi connectivity index (χ1n) is 14.4. The summed E-state index contributed by atoms with van der Waals surface area (Å²) in [6.45, 7) is 3.50. The number of anilines is 1. The van der Waals surface area contributed by atoms with Crippen molar-refractivity contribution in [2.75, 3.05) is 11.5 Å². The van der Waals surface area contributed by atoms with Crippen molar-refractivity contribution in [1.82, 2.24) is 4.98 Å². The van der Waals surface area contributed by atoms with Gasteiger partial charge in [0.1, 0.15) is 0 Å². The highest BCUT2D eigenvalue weighted by Gasteiger charge is 2.61. The summed E-state index contributed by atoms with van der Waals surface area (Å²) < 4.78 is 5.48. The fourth-order valence-corrected chi connectivity index (χ4v) is 7.13. The molecule has 0 radical (unpaired) electrons. The van der Waals surface area contributed by atoms with Gasteiger partial charge in [0, 0.05) is 16.5 Å². The number of imide groups is 1. The summed E-state index contributed by atoms with van der Waals surface area (Å²) in [5.41, 5.74) is 5.25. The Morgan fingerprint density at radius 2 is 1.48 bits per heavy atom. The number of carbonyl (C=O) groups excluding carboxylic acids is 4. The number of fused-ring (bicyclic) bond motifs is 6. The van der Waals surface area contributed by atoms with Crippen molar-refractivity contribution in [1.29, 1.82) is 0 Å². The fraction of sp³-hybridized carbons (Fsp3) is 0.286. The van der Waals surface area contributed by atoms with Crippen molar-refractivity contribution in [3.8, 4) is 11.3 Å². The monoisotopic (exact) mass is 558 g/mol. The third-order valence-electron chi connectivity index (χ3n) is 9.24. The van der Waals surface area contributed by atoms with E-state index in [0.29, 0.717) is 45.2 Å². The van der Waals surface area contributed by atoms with Gasteiger partial charge >= 0.3 is 5.97 Å². The summed E-state index contributed by atoms with van der Waals surface area (Å²) in [5, 5.41) is 0.637. The molecular weight excluding hydrogens is 528 g/mol. The van der Waals surface area contributed by atoms with Gasteiger partial charge in [-0.25, -0.2) is 9.78 Å². The van der Waals surface area contributed by atoms with Crippen molar-refractivity contribution < 1.29 is 23.9 Å². The molecule has 2 saturated carbocycles. The quantitative estimate of drug-likeness (QED) is 0.161. The minimum Gasteiger partial charge on any atom is -0.454 e. The Morgan fingerprint density at radius 1 is 0.833 bits per heavy atom. The molecule has 2 bridgehead atoms. The second-order valence-electron chi connectivity index (χ2n) is 11.9. The average molecular weight is 559 g/mol. The van der Waals surface area contributed by atoms with Gasteiger partial charge in [0.2, 0.25) is 11.8 Å². The van der Waals surface area contributed by atoms with Crippen LogP contribution in [0.5, 0.6) is 0 Å². The molecule has 210 valence electrons.